The molecule has 0 aliphatic carbocycles. The van der Waals surface area contributed by atoms with Crippen molar-refractivity contribution in [2.75, 3.05) is 27.9 Å². The fraction of sp³-hybridized carbons (Fsp3) is 1.00. The van der Waals surface area contributed by atoms with Gasteiger partial charge in [-0.3, -0.25) is 0 Å². The Morgan fingerprint density at radius 2 is 1.60 bits per heavy atom. The van der Waals surface area contributed by atoms with Crippen LogP contribution in [0.25, 0.3) is 0 Å². The van der Waals surface area contributed by atoms with Crippen molar-refractivity contribution in [2.24, 2.45) is 5.92 Å². The van der Waals surface area contributed by atoms with E-state index >= 15 is 0 Å². The Bertz CT molecular complexity index is 185. The minimum absolute atomic E-state index is 0.00175. The molecule has 1 aliphatic rings. The summed E-state index contributed by atoms with van der Waals surface area (Å²) in [4.78, 5) is 0. The third kappa shape index (κ3) is 2.69. The zero-order chi connectivity index (χ0) is 11.4. The molecule has 90 valence electrons. The average Bonchev–Trinajstić information content (AvgIpc) is 2.22. The summed E-state index contributed by atoms with van der Waals surface area (Å²) in [6.45, 7) is 4.71. The summed E-state index contributed by atoms with van der Waals surface area (Å²) in [5.41, 5.74) is 0. The van der Waals surface area contributed by atoms with Crippen LogP contribution in [0.5, 0.6) is 0 Å². The van der Waals surface area contributed by atoms with Crippen LogP contribution in [0.15, 0.2) is 0 Å². The molecule has 5 atom stereocenters. The molecule has 1 aliphatic heterocycles. The molecule has 4 nitrogen and oxygen atoms in total. The molecule has 4 unspecified atom stereocenters. The monoisotopic (exact) mass is 218 g/mol. The van der Waals surface area contributed by atoms with Gasteiger partial charge in [-0.2, -0.15) is 0 Å². The minimum Gasteiger partial charge on any atom is -0.382 e. The quantitative estimate of drug-likeness (QED) is 0.707. The first-order valence-electron chi connectivity index (χ1n) is 5.35. The molecule has 0 bridgehead atoms. The number of rotatable bonds is 4. The number of ether oxygens (including phenoxy) is 4. The van der Waals surface area contributed by atoms with Crippen LogP contribution in [-0.4, -0.2) is 52.4 Å². The van der Waals surface area contributed by atoms with Crippen LogP contribution in [0, 0.1) is 5.92 Å². The topological polar surface area (TPSA) is 36.9 Å². The first kappa shape index (κ1) is 12.9. The SMILES string of the molecule is COCC1OC(C)C(OC)C(OC)[C@@H]1C. The third-order valence-corrected chi connectivity index (χ3v) is 3.16. The van der Waals surface area contributed by atoms with E-state index in [1.165, 1.54) is 0 Å². The molecule has 1 saturated heterocycles. The molecular formula is C11H22O4. The maximum atomic E-state index is 5.84. The van der Waals surface area contributed by atoms with Gasteiger partial charge in [0.15, 0.2) is 0 Å². The molecule has 0 amide bonds. The second kappa shape index (κ2) is 5.80. The van der Waals surface area contributed by atoms with Crippen molar-refractivity contribution in [3.8, 4) is 0 Å². The smallest absolute Gasteiger partial charge is 0.109 e. The molecule has 0 spiro atoms. The van der Waals surface area contributed by atoms with Crippen molar-refractivity contribution in [1.82, 2.24) is 0 Å². The van der Waals surface area contributed by atoms with Gasteiger partial charge in [-0.1, -0.05) is 6.92 Å². The Morgan fingerprint density at radius 1 is 1.00 bits per heavy atom. The maximum absolute atomic E-state index is 5.84. The standard InChI is InChI=1S/C11H22O4/c1-7-9(6-12-3)15-8(2)11(14-5)10(7)13-4/h7-11H,6H2,1-5H3/t7-,8?,9?,10?,11?/m1/s1. The van der Waals surface area contributed by atoms with Crippen LogP contribution in [0.4, 0.5) is 0 Å². The highest BCUT2D eigenvalue weighted by molar-refractivity contribution is 4.90. The van der Waals surface area contributed by atoms with Crippen molar-refractivity contribution in [3.63, 3.8) is 0 Å². The molecule has 1 fully saturated rings. The van der Waals surface area contributed by atoms with Gasteiger partial charge in [0.2, 0.25) is 0 Å². The third-order valence-electron chi connectivity index (χ3n) is 3.16. The van der Waals surface area contributed by atoms with Gasteiger partial charge in [0.05, 0.1) is 24.9 Å². The normalized spacial score (nSPS) is 41.8. The summed E-state index contributed by atoms with van der Waals surface area (Å²) in [5.74, 6) is 0.274. The fourth-order valence-corrected chi connectivity index (χ4v) is 2.28. The summed E-state index contributed by atoms with van der Waals surface area (Å²) in [6.07, 6.45) is 0.189. The van der Waals surface area contributed by atoms with Gasteiger partial charge < -0.3 is 18.9 Å². The van der Waals surface area contributed by atoms with Crippen molar-refractivity contribution in [2.45, 2.75) is 38.3 Å². The molecule has 0 N–H and O–H groups in total. The first-order chi connectivity index (χ1) is 7.15. The van der Waals surface area contributed by atoms with E-state index in [1.807, 2.05) is 6.92 Å². The molecule has 0 aromatic heterocycles. The summed E-state index contributed by atoms with van der Waals surface area (Å²) < 4.78 is 21.9. The Labute approximate surface area is 91.8 Å². The minimum atomic E-state index is -0.00175. The van der Waals surface area contributed by atoms with E-state index in [-0.39, 0.29) is 30.3 Å². The molecule has 0 radical (unpaired) electrons. The highest BCUT2D eigenvalue weighted by Gasteiger charge is 2.42. The predicted molar refractivity (Wildman–Crippen MR) is 57.0 cm³/mol. The lowest BCUT2D eigenvalue weighted by Crippen LogP contribution is -2.55. The Kier molecular flexibility index (Phi) is 4.99. The molecule has 0 aromatic rings. The zero-order valence-electron chi connectivity index (χ0n) is 10.2. The highest BCUT2D eigenvalue weighted by atomic mass is 16.6. The number of hydrogen-bond donors (Lipinski definition) is 0. The van der Waals surface area contributed by atoms with E-state index in [0.717, 1.165) is 0 Å². The van der Waals surface area contributed by atoms with Crippen molar-refractivity contribution in [3.05, 3.63) is 0 Å². The number of hydrogen-bond acceptors (Lipinski definition) is 4. The van der Waals surface area contributed by atoms with E-state index in [4.69, 9.17) is 18.9 Å². The second-order valence-corrected chi connectivity index (χ2v) is 4.09. The van der Waals surface area contributed by atoms with Crippen LogP contribution >= 0.6 is 0 Å². The predicted octanol–water partition coefficient (Wildman–Crippen LogP) is 1.09. The van der Waals surface area contributed by atoms with E-state index in [0.29, 0.717) is 6.61 Å². The summed E-state index contributed by atoms with van der Waals surface area (Å²) >= 11 is 0. The van der Waals surface area contributed by atoms with Gasteiger partial charge in [0.25, 0.3) is 0 Å². The van der Waals surface area contributed by atoms with E-state index in [1.54, 1.807) is 21.3 Å². The van der Waals surface area contributed by atoms with Crippen molar-refractivity contribution < 1.29 is 18.9 Å². The fourth-order valence-electron chi connectivity index (χ4n) is 2.28. The molecule has 0 saturated carbocycles. The molecule has 4 heteroatoms. The second-order valence-electron chi connectivity index (χ2n) is 4.09. The van der Waals surface area contributed by atoms with Crippen molar-refractivity contribution in [1.29, 1.82) is 0 Å². The van der Waals surface area contributed by atoms with Gasteiger partial charge >= 0.3 is 0 Å². The summed E-state index contributed by atoms with van der Waals surface area (Å²) in [6, 6.07) is 0. The summed E-state index contributed by atoms with van der Waals surface area (Å²) in [7, 11) is 5.10. The van der Waals surface area contributed by atoms with E-state index in [9.17, 15) is 0 Å². The molecule has 1 rings (SSSR count). The van der Waals surface area contributed by atoms with E-state index in [2.05, 4.69) is 6.92 Å². The average molecular weight is 218 g/mol. The van der Waals surface area contributed by atoms with Gasteiger partial charge in [0, 0.05) is 27.2 Å². The molecular weight excluding hydrogens is 196 g/mol. The Balaban J connectivity index is 2.70. The lowest BCUT2D eigenvalue weighted by Gasteiger charge is -2.43. The molecule has 0 aromatic carbocycles. The van der Waals surface area contributed by atoms with Gasteiger partial charge in [-0.15, -0.1) is 0 Å². The van der Waals surface area contributed by atoms with Crippen molar-refractivity contribution >= 4 is 0 Å². The van der Waals surface area contributed by atoms with Gasteiger partial charge in [0.1, 0.15) is 6.10 Å². The van der Waals surface area contributed by atoms with Gasteiger partial charge in [-0.25, -0.2) is 0 Å². The lowest BCUT2D eigenvalue weighted by atomic mass is 9.88. The highest BCUT2D eigenvalue weighted by Crippen LogP contribution is 2.29. The van der Waals surface area contributed by atoms with Crippen LogP contribution in [0.3, 0.4) is 0 Å². The Hall–Kier alpha value is -0.160. The largest absolute Gasteiger partial charge is 0.382 e. The van der Waals surface area contributed by atoms with Crippen LogP contribution < -0.4 is 0 Å². The zero-order valence-corrected chi connectivity index (χ0v) is 10.2. The van der Waals surface area contributed by atoms with E-state index < -0.39 is 0 Å². The van der Waals surface area contributed by atoms with Crippen LogP contribution in [0.1, 0.15) is 13.8 Å². The van der Waals surface area contributed by atoms with Crippen LogP contribution in [0.2, 0.25) is 0 Å². The maximum Gasteiger partial charge on any atom is 0.109 e. The summed E-state index contributed by atoms with van der Waals surface area (Å²) in [5, 5.41) is 0. The first-order valence-corrected chi connectivity index (χ1v) is 5.35. The molecule has 15 heavy (non-hydrogen) atoms. The molecule has 1 heterocycles. The lowest BCUT2D eigenvalue weighted by molar-refractivity contribution is -0.215. The number of methoxy groups -OCH3 is 3. The van der Waals surface area contributed by atoms with Crippen LogP contribution in [-0.2, 0) is 18.9 Å². The Morgan fingerprint density at radius 3 is 2.07 bits per heavy atom. The van der Waals surface area contributed by atoms with Gasteiger partial charge in [-0.05, 0) is 6.92 Å².